The van der Waals surface area contributed by atoms with E-state index in [0.717, 1.165) is 82.8 Å². The second kappa shape index (κ2) is 11.7. The summed E-state index contributed by atoms with van der Waals surface area (Å²) in [6.07, 6.45) is 0. The Kier molecular flexibility index (Phi) is 6.55. The number of hydrogen-bond donors (Lipinski definition) is 0. The van der Waals surface area contributed by atoms with Gasteiger partial charge in [-0.15, -0.1) is 0 Å². The van der Waals surface area contributed by atoms with Gasteiger partial charge in [-0.1, -0.05) is 127 Å². The van der Waals surface area contributed by atoms with Crippen LogP contribution in [0, 0.1) is 0 Å². The molecule has 0 aliphatic carbocycles. The lowest BCUT2D eigenvalue weighted by Gasteiger charge is -2.27. The van der Waals surface area contributed by atoms with E-state index in [4.69, 9.17) is 8.83 Å². The Morgan fingerprint density at radius 3 is 1.89 bits per heavy atom. The van der Waals surface area contributed by atoms with Gasteiger partial charge in [0.1, 0.15) is 22.3 Å². The molecule has 248 valence electrons. The molecule has 2 heterocycles. The van der Waals surface area contributed by atoms with E-state index in [2.05, 4.69) is 181 Å². The number of benzene rings is 9. The molecule has 0 bridgehead atoms. The third kappa shape index (κ3) is 4.75. The van der Waals surface area contributed by atoms with Crippen molar-refractivity contribution in [3.8, 4) is 22.3 Å². The Bertz CT molecular complexity index is 3180. The van der Waals surface area contributed by atoms with E-state index in [9.17, 15) is 0 Å². The van der Waals surface area contributed by atoms with Gasteiger partial charge in [-0.3, -0.25) is 0 Å². The first-order valence-electron chi connectivity index (χ1n) is 18.0. The van der Waals surface area contributed by atoms with Gasteiger partial charge in [0.25, 0.3) is 0 Å². The maximum absolute atomic E-state index is 6.67. The lowest BCUT2D eigenvalue weighted by atomic mass is 9.97. The molecule has 0 amide bonds. The first kappa shape index (κ1) is 29.6. The van der Waals surface area contributed by atoms with Crippen LogP contribution in [0.5, 0.6) is 0 Å². The highest BCUT2D eigenvalue weighted by atomic mass is 16.3. The van der Waals surface area contributed by atoms with Crippen LogP contribution in [0.4, 0.5) is 17.1 Å². The van der Waals surface area contributed by atoms with Gasteiger partial charge in [0.2, 0.25) is 0 Å². The van der Waals surface area contributed by atoms with E-state index in [1.165, 1.54) is 21.9 Å². The third-order valence-corrected chi connectivity index (χ3v) is 10.6. The molecule has 0 saturated heterocycles. The number of furan rings is 2. The van der Waals surface area contributed by atoms with Gasteiger partial charge in [-0.05, 0) is 99.1 Å². The van der Waals surface area contributed by atoms with Crippen LogP contribution < -0.4 is 4.90 Å². The van der Waals surface area contributed by atoms with Gasteiger partial charge < -0.3 is 13.7 Å². The maximum Gasteiger partial charge on any atom is 0.143 e. The summed E-state index contributed by atoms with van der Waals surface area (Å²) in [5.41, 5.74) is 11.4. The van der Waals surface area contributed by atoms with Crippen molar-refractivity contribution in [3.05, 3.63) is 188 Å². The Hall–Kier alpha value is -7.10. The summed E-state index contributed by atoms with van der Waals surface area (Å²) in [6, 6.07) is 66.9. The van der Waals surface area contributed by atoms with Crippen LogP contribution in [0.25, 0.3) is 87.7 Å². The van der Waals surface area contributed by atoms with Crippen LogP contribution in [0.3, 0.4) is 0 Å². The lowest BCUT2D eigenvalue weighted by molar-refractivity contribution is 0.669. The molecular weight excluding hydrogens is 647 g/mol. The van der Waals surface area contributed by atoms with Crippen LogP contribution in [0.1, 0.15) is 0 Å². The van der Waals surface area contributed by atoms with Crippen molar-refractivity contribution in [2.24, 2.45) is 0 Å². The van der Waals surface area contributed by atoms with Crippen molar-refractivity contribution in [1.29, 1.82) is 0 Å². The molecule has 3 nitrogen and oxygen atoms in total. The summed E-state index contributed by atoms with van der Waals surface area (Å²) in [7, 11) is 0. The molecular formula is C50H31NO2. The quantitative estimate of drug-likeness (QED) is 0.182. The zero-order valence-corrected chi connectivity index (χ0v) is 28.7. The minimum atomic E-state index is 0.861. The largest absolute Gasteiger partial charge is 0.456 e. The molecule has 0 N–H and O–H groups in total. The molecule has 9 aromatic carbocycles. The van der Waals surface area contributed by atoms with Crippen molar-refractivity contribution in [2.75, 3.05) is 4.90 Å². The molecule has 53 heavy (non-hydrogen) atoms. The minimum Gasteiger partial charge on any atom is -0.456 e. The Morgan fingerprint density at radius 1 is 0.340 bits per heavy atom. The molecule has 0 aliphatic heterocycles. The SMILES string of the molecule is c1cc(-c2ccc3oc4ccccc4c3c2)cc(N(c2ccc(-c3cccc4ccccc34)cc2)c2cccc3oc4c5ccccc5ccc4c23)c1. The highest BCUT2D eigenvalue weighted by Crippen LogP contribution is 2.45. The van der Waals surface area contributed by atoms with Crippen LogP contribution in [-0.4, -0.2) is 0 Å². The number of anilines is 3. The summed E-state index contributed by atoms with van der Waals surface area (Å²) >= 11 is 0. The molecule has 0 saturated carbocycles. The van der Waals surface area contributed by atoms with Crippen molar-refractivity contribution in [3.63, 3.8) is 0 Å². The number of rotatable bonds is 5. The summed E-state index contributed by atoms with van der Waals surface area (Å²) in [5.74, 6) is 0. The average molecular weight is 678 g/mol. The van der Waals surface area contributed by atoms with E-state index in [1.807, 2.05) is 12.1 Å². The fourth-order valence-corrected chi connectivity index (χ4v) is 8.15. The van der Waals surface area contributed by atoms with Crippen molar-refractivity contribution in [2.45, 2.75) is 0 Å². The standard InChI is InChI=1S/C50H31NO2/c1-3-15-39-32(10-1)12-8-18-40(39)34-22-26-37(27-23-34)51(45-19-9-21-48-49(45)43-28-24-33-11-2-4-16-41(33)50(43)53-48)38-14-7-13-35(30-38)36-25-29-47-44(31-36)42-17-5-6-20-46(42)52-47/h1-31H. The first-order chi connectivity index (χ1) is 26.3. The number of nitrogens with zero attached hydrogens (tertiary/aromatic N) is 1. The van der Waals surface area contributed by atoms with Crippen molar-refractivity contribution in [1.82, 2.24) is 0 Å². The van der Waals surface area contributed by atoms with Gasteiger partial charge in [-0.25, -0.2) is 0 Å². The summed E-state index contributed by atoms with van der Waals surface area (Å²) in [5, 5.41) is 9.18. The number of para-hydroxylation sites is 1. The minimum absolute atomic E-state index is 0.861. The highest BCUT2D eigenvalue weighted by molar-refractivity contribution is 6.19. The summed E-state index contributed by atoms with van der Waals surface area (Å²) < 4.78 is 12.8. The topological polar surface area (TPSA) is 29.5 Å². The van der Waals surface area contributed by atoms with Gasteiger partial charge in [0.15, 0.2) is 0 Å². The molecule has 0 radical (unpaired) electrons. The smallest absolute Gasteiger partial charge is 0.143 e. The molecule has 0 fully saturated rings. The zero-order chi connectivity index (χ0) is 34.9. The molecule has 2 aromatic heterocycles. The van der Waals surface area contributed by atoms with Crippen LogP contribution in [0.15, 0.2) is 197 Å². The highest BCUT2D eigenvalue weighted by Gasteiger charge is 2.21. The predicted molar refractivity (Wildman–Crippen MR) is 222 cm³/mol. The van der Waals surface area contributed by atoms with E-state index in [1.54, 1.807) is 0 Å². The van der Waals surface area contributed by atoms with E-state index in [-0.39, 0.29) is 0 Å². The molecule has 11 rings (SSSR count). The number of hydrogen-bond acceptors (Lipinski definition) is 3. The van der Waals surface area contributed by atoms with Gasteiger partial charge in [0.05, 0.1) is 11.1 Å². The summed E-state index contributed by atoms with van der Waals surface area (Å²) in [6.45, 7) is 0. The Morgan fingerprint density at radius 2 is 1.00 bits per heavy atom. The van der Waals surface area contributed by atoms with Crippen LogP contribution in [-0.2, 0) is 0 Å². The Balaban J connectivity index is 1.11. The van der Waals surface area contributed by atoms with E-state index < -0.39 is 0 Å². The first-order valence-corrected chi connectivity index (χ1v) is 18.0. The van der Waals surface area contributed by atoms with Gasteiger partial charge in [-0.2, -0.15) is 0 Å². The fraction of sp³-hybridized carbons (Fsp3) is 0. The molecule has 0 atom stereocenters. The monoisotopic (exact) mass is 677 g/mol. The molecule has 0 spiro atoms. The molecule has 0 aliphatic rings. The molecule has 3 heteroatoms. The molecule has 11 aromatic rings. The van der Waals surface area contributed by atoms with Crippen molar-refractivity contribution >= 4 is 82.5 Å². The van der Waals surface area contributed by atoms with Gasteiger partial charge >= 0.3 is 0 Å². The van der Waals surface area contributed by atoms with Gasteiger partial charge in [0, 0.05) is 32.9 Å². The zero-order valence-electron chi connectivity index (χ0n) is 28.7. The third-order valence-electron chi connectivity index (χ3n) is 10.6. The molecule has 0 unspecified atom stereocenters. The maximum atomic E-state index is 6.67. The number of fused-ring (bicyclic) bond motifs is 9. The average Bonchev–Trinajstić information content (AvgIpc) is 3.80. The summed E-state index contributed by atoms with van der Waals surface area (Å²) in [4.78, 5) is 2.37. The predicted octanol–water partition coefficient (Wildman–Crippen LogP) is 14.6. The second-order valence-electron chi connectivity index (χ2n) is 13.7. The fourth-order valence-electron chi connectivity index (χ4n) is 8.15. The van der Waals surface area contributed by atoms with E-state index in [0.29, 0.717) is 0 Å². The van der Waals surface area contributed by atoms with E-state index >= 15 is 0 Å². The second-order valence-corrected chi connectivity index (χ2v) is 13.7. The Labute approximate surface area is 305 Å². The van der Waals surface area contributed by atoms with Crippen LogP contribution in [0.2, 0.25) is 0 Å². The van der Waals surface area contributed by atoms with Crippen LogP contribution >= 0.6 is 0 Å². The lowest BCUT2D eigenvalue weighted by Crippen LogP contribution is -2.10. The van der Waals surface area contributed by atoms with Crippen molar-refractivity contribution < 1.29 is 8.83 Å². The normalized spacial score (nSPS) is 11.8.